The topological polar surface area (TPSA) is 42.7 Å². The summed E-state index contributed by atoms with van der Waals surface area (Å²) in [5.41, 5.74) is 3.35. The van der Waals surface area contributed by atoms with E-state index in [0.717, 1.165) is 15.9 Å². The number of hydrogen-bond acceptors (Lipinski definition) is 3. The number of nitrogens with zero attached hydrogens (tertiary/aromatic N) is 3. The van der Waals surface area contributed by atoms with Crippen molar-refractivity contribution in [1.29, 1.82) is 0 Å². The molecule has 2 rings (SSSR count). The summed E-state index contributed by atoms with van der Waals surface area (Å²) >= 11 is 3.56. The lowest BCUT2D eigenvalue weighted by molar-refractivity contribution is 0.683. The predicted octanol–water partition coefficient (Wildman–Crippen LogP) is 2.50. The molecule has 0 fully saturated rings. The molecule has 84 valence electrons. The molecule has 0 amide bonds. The minimum absolute atomic E-state index is 0.714. The van der Waals surface area contributed by atoms with Crippen molar-refractivity contribution in [3.8, 4) is 0 Å². The van der Waals surface area contributed by atoms with Gasteiger partial charge in [-0.15, -0.1) is 5.10 Å². The zero-order valence-corrected chi connectivity index (χ0v) is 10.8. The minimum atomic E-state index is 0.714. The maximum absolute atomic E-state index is 3.88. The van der Waals surface area contributed by atoms with E-state index in [2.05, 4.69) is 44.5 Å². The first-order valence-electron chi connectivity index (χ1n) is 5.01. The first kappa shape index (κ1) is 11.1. The van der Waals surface area contributed by atoms with Crippen LogP contribution in [0.5, 0.6) is 0 Å². The third kappa shape index (κ3) is 2.24. The van der Waals surface area contributed by atoms with Crippen LogP contribution in [-0.4, -0.2) is 15.0 Å². The summed E-state index contributed by atoms with van der Waals surface area (Å²) in [6, 6.07) is 6.14. The quantitative estimate of drug-likeness (QED) is 0.940. The predicted molar refractivity (Wildman–Crippen MR) is 67.2 cm³/mol. The molecule has 0 bridgehead atoms. The molecule has 0 aliphatic heterocycles. The highest BCUT2D eigenvalue weighted by atomic mass is 79.9. The zero-order chi connectivity index (χ0) is 11.5. The fourth-order valence-electron chi connectivity index (χ4n) is 1.44. The van der Waals surface area contributed by atoms with Gasteiger partial charge in [0.25, 0.3) is 0 Å². The molecule has 2 aromatic rings. The van der Waals surface area contributed by atoms with Gasteiger partial charge in [0.05, 0.1) is 18.4 Å². The lowest BCUT2D eigenvalue weighted by atomic mass is 10.2. The summed E-state index contributed by atoms with van der Waals surface area (Å²) in [4.78, 5) is 0. The van der Waals surface area contributed by atoms with Crippen molar-refractivity contribution >= 4 is 21.6 Å². The molecule has 0 spiro atoms. The number of benzene rings is 1. The molecule has 1 N–H and O–H groups in total. The molecule has 0 saturated heterocycles. The molecular weight excluding hydrogens is 268 g/mol. The first-order chi connectivity index (χ1) is 7.68. The van der Waals surface area contributed by atoms with Gasteiger partial charge in [0, 0.05) is 17.2 Å². The Hall–Kier alpha value is -1.36. The molecule has 0 aliphatic carbocycles. The second kappa shape index (κ2) is 4.65. The van der Waals surface area contributed by atoms with Crippen molar-refractivity contribution in [1.82, 2.24) is 15.0 Å². The van der Waals surface area contributed by atoms with E-state index >= 15 is 0 Å². The van der Waals surface area contributed by atoms with Gasteiger partial charge in [-0.1, -0.05) is 17.3 Å². The van der Waals surface area contributed by atoms with Crippen LogP contribution in [0.2, 0.25) is 0 Å². The molecule has 5 heteroatoms. The summed E-state index contributed by atoms with van der Waals surface area (Å²) in [6.45, 7) is 2.78. The van der Waals surface area contributed by atoms with Crippen LogP contribution in [-0.2, 0) is 13.6 Å². The second-order valence-corrected chi connectivity index (χ2v) is 4.43. The van der Waals surface area contributed by atoms with E-state index < -0.39 is 0 Å². The van der Waals surface area contributed by atoms with Gasteiger partial charge in [0.1, 0.15) is 0 Å². The van der Waals surface area contributed by atoms with Crippen molar-refractivity contribution in [2.75, 3.05) is 5.32 Å². The second-order valence-electron chi connectivity index (χ2n) is 3.64. The van der Waals surface area contributed by atoms with Crippen LogP contribution < -0.4 is 5.32 Å². The molecule has 16 heavy (non-hydrogen) atoms. The number of aryl methyl sites for hydroxylation is 2. The highest BCUT2D eigenvalue weighted by Gasteiger charge is 2.03. The third-order valence-electron chi connectivity index (χ3n) is 2.46. The summed E-state index contributed by atoms with van der Waals surface area (Å²) < 4.78 is 2.86. The number of nitrogens with one attached hydrogen (secondary N) is 1. The molecule has 1 aromatic heterocycles. The van der Waals surface area contributed by atoms with Crippen LogP contribution in [0.1, 0.15) is 11.3 Å². The molecular formula is C11H13BrN4. The van der Waals surface area contributed by atoms with Gasteiger partial charge in [-0.05, 0) is 34.5 Å². The van der Waals surface area contributed by atoms with Crippen molar-refractivity contribution < 1.29 is 0 Å². The summed E-state index contributed by atoms with van der Waals surface area (Å²) in [5.74, 6) is 0. The summed E-state index contributed by atoms with van der Waals surface area (Å²) in [5, 5.41) is 11.1. The molecule has 4 nitrogen and oxygen atoms in total. The molecule has 0 radical (unpaired) electrons. The largest absolute Gasteiger partial charge is 0.378 e. The first-order valence-corrected chi connectivity index (χ1v) is 5.80. The molecule has 0 unspecified atom stereocenters. The monoisotopic (exact) mass is 280 g/mol. The molecule has 1 aromatic carbocycles. The standard InChI is InChI=1S/C11H13BrN4/c1-8-4-3-5-10(11(8)12)13-6-9-7-14-15-16(9)2/h3-5,7,13H,6H2,1-2H3. The maximum atomic E-state index is 3.88. The average molecular weight is 281 g/mol. The van der Waals surface area contributed by atoms with Gasteiger partial charge >= 0.3 is 0 Å². The van der Waals surface area contributed by atoms with Crippen LogP contribution in [0.15, 0.2) is 28.9 Å². The van der Waals surface area contributed by atoms with Crippen molar-refractivity contribution in [3.05, 3.63) is 40.1 Å². The van der Waals surface area contributed by atoms with Gasteiger partial charge < -0.3 is 5.32 Å². The summed E-state index contributed by atoms with van der Waals surface area (Å²) in [7, 11) is 1.88. The molecule has 1 heterocycles. The summed E-state index contributed by atoms with van der Waals surface area (Å²) in [6.07, 6.45) is 1.76. The Morgan fingerprint density at radius 1 is 1.44 bits per heavy atom. The maximum Gasteiger partial charge on any atom is 0.0774 e. The zero-order valence-electron chi connectivity index (χ0n) is 9.24. The van der Waals surface area contributed by atoms with Crippen LogP contribution in [0, 0.1) is 6.92 Å². The van der Waals surface area contributed by atoms with Crippen LogP contribution >= 0.6 is 15.9 Å². The van der Waals surface area contributed by atoms with Crippen LogP contribution in [0.25, 0.3) is 0 Å². The number of halogens is 1. The highest BCUT2D eigenvalue weighted by Crippen LogP contribution is 2.25. The Kier molecular flexibility index (Phi) is 3.24. The average Bonchev–Trinajstić information content (AvgIpc) is 2.67. The molecule has 0 atom stereocenters. The number of rotatable bonds is 3. The van der Waals surface area contributed by atoms with E-state index in [1.807, 2.05) is 19.2 Å². The molecule has 0 aliphatic rings. The Morgan fingerprint density at radius 3 is 2.94 bits per heavy atom. The van der Waals surface area contributed by atoms with Gasteiger partial charge in [0.15, 0.2) is 0 Å². The van der Waals surface area contributed by atoms with Crippen molar-refractivity contribution in [2.45, 2.75) is 13.5 Å². The van der Waals surface area contributed by atoms with Gasteiger partial charge in [0.2, 0.25) is 0 Å². The fourth-order valence-corrected chi connectivity index (χ4v) is 1.85. The Morgan fingerprint density at radius 2 is 2.25 bits per heavy atom. The Balaban J connectivity index is 2.11. The highest BCUT2D eigenvalue weighted by molar-refractivity contribution is 9.10. The van der Waals surface area contributed by atoms with Crippen LogP contribution in [0.3, 0.4) is 0 Å². The number of aromatic nitrogens is 3. The van der Waals surface area contributed by atoms with E-state index in [-0.39, 0.29) is 0 Å². The Bertz CT molecular complexity index is 492. The normalized spacial score (nSPS) is 10.4. The van der Waals surface area contributed by atoms with E-state index in [1.165, 1.54) is 5.56 Å². The lowest BCUT2D eigenvalue weighted by Crippen LogP contribution is -2.05. The lowest BCUT2D eigenvalue weighted by Gasteiger charge is -2.09. The van der Waals surface area contributed by atoms with Crippen molar-refractivity contribution in [3.63, 3.8) is 0 Å². The van der Waals surface area contributed by atoms with E-state index in [0.29, 0.717) is 6.54 Å². The number of hydrogen-bond donors (Lipinski definition) is 1. The van der Waals surface area contributed by atoms with Gasteiger partial charge in [-0.25, -0.2) is 0 Å². The number of anilines is 1. The van der Waals surface area contributed by atoms with Gasteiger partial charge in [-0.3, -0.25) is 4.68 Å². The SMILES string of the molecule is Cc1cccc(NCc2cnnn2C)c1Br. The smallest absolute Gasteiger partial charge is 0.0774 e. The van der Waals surface area contributed by atoms with Crippen LogP contribution in [0.4, 0.5) is 5.69 Å². The van der Waals surface area contributed by atoms with E-state index in [9.17, 15) is 0 Å². The van der Waals surface area contributed by atoms with E-state index in [4.69, 9.17) is 0 Å². The molecule has 0 saturated carbocycles. The minimum Gasteiger partial charge on any atom is -0.378 e. The van der Waals surface area contributed by atoms with Gasteiger partial charge in [-0.2, -0.15) is 0 Å². The van der Waals surface area contributed by atoms with E-state index in [1.54, 1.807) is 10.9 Å². The van der Waals surface area contributed by atoms with Crippen molar-refractivity contribution in [2.24, 2.45) is 7.05 Å². The third-order valence-corrected chi connectivity index (χ3v) is 3.51. The fraction of sp³-hybridized carbons (Fsp3) is 0.273. The Labute approximate surface area is 103 Å².